The fourth-order valence-corrected chi connectivity index (χ4v) is 4.42. The van der Waals surface area contributed by atoms with E-state index in [4.69, 9.17) is 5.73 Å². The van der Waals surface area contributed by atoms with E-state index in [1.54, 1.807) is 24.3 Å². The number of sulfonamides is 1. The maximum atomic E-state index is 12.3. The molecule has 0 unspecified atom stereocenters. The lowest BCUT2D eigenvalue weighted by atomic mass is 10.1. The molecule has 140 valence electrons. The summed E-state index contributed by atoms with van der Waals surface area (Å²) in [6, 6.07) is 15.8. The number of pyridine rings is 1. The standard InChI is InChI=1S/C19H19N3O3S2/c1-22(2)27(24,25)14-7-5-6-13(10-14)12-26-18-11-16(19(20)23)15-8-3-4-9-17(15)21-18/h3-11H,12H2,1-2H3,(H2,20,23). The highest BCUT2D eigenvalue weighted by atomic mass is 32.2. The number of nitrogens with two attached hydrogens (primary N) is 1. The molecule has 3 rings (SSSR count). The van der Waals surface area contributed by atoms with Crippen LogP contribution in [0.3, 0.4) is 0 Å². The molecule has 0 aliphatic carbocycles. The van der Waals surface area contributed by atoms with Gasteiger partial charge < -0.3 is 5.73 Å². The number of aromatic nitrogens is 1. The molecule has 0 atom stereocenters. The third-order valence-corrected chi connectivity index (χ3v) is 6.82. The number of primary amides is 1. The van der Waals surface area contributed by atoms with E-state index in [9.17, 15) is 13.2 Å². The zero-order valence-electron chi connectivity index (χ0n) is 14.9. The highest BCUT2D eigenvalue weighted by Crippen LogP contribution is 2.27. The monoisotopic (exact) mass is 401 g/mol. The summed E-state index contributed by atoms with van der Waals surface area (Å²) >= 11 is 1.42. The molecule has 0 saturated heterocycles. The first-order valence-corrected chi connectivity index (χ1v) is 10.6. The highest BCUT2D eigenvalue weighted by molar-refractivity contribution is 7.98. The Labute approximate surface area is 162 Å². The van der Waals surface area contributed by atoms with Gasteiger partial charge in [0.1, 0.15) is 0 Å². The molecule has 0 fully saturated rings. The minimum Gasteiger partial charge on any atom is -0.366 e. The smallest absolute Gasteiger partial charge is 0.249 e. The molecule has 0 saturated carbocycles. The number of carbonyl (C=O) groups is 1. The van der Waals surface area contributed by atoms with Crippen molar-refractivity contribution in [2.75, 3.05) is 14.1 Å². The van der Waals surface area contributed by atoms with Crippen LogP contribution in [0.4, 0.5) is 0 Å². The molecule has 0 aliphatic rings. The number of benzene rings is 2. The lowest BCUT2D eigenvalue weighted by molar-refractivity contribution is 0.100. The van der Waals surface area contributed by atoms with E-state index in [2.05, 4.69) is 4.98 Å². The first kappa shape index (κ1) is 19.3. The summed E-state index contributed by atoms with van der Waals surface area (Å²) in [5.74, 6) is 0.00915. The van der Waals surface area contributed by atoms with Crippen LogP contribution in [0.5, 0.6) is 0 Å². The Hall–Kier alpha value is -2.42. The number of hydrogen-bond acceptors (Lipinski definition) is 5. The highest BCUT2D eigenvalue weighted by Gasteiger charge is 2.17. The summed E-state index contributed by atoms with van der Waals surface area (Å²) in [5, 5.41) is 1.37. The molecular weight excluding hydrogens is 382 g/mol. The van der Waals surface area contributed by atoms with Gasteiger partial charge in [-0.3, -0.25) is 4.79 Å². The quantitative estimate of drug-likeness (QED) is 0.641. The molecule has 0 radical (unpaired) electrons. The van der Waals surface area contributed by atoms with Gasteiger partial charge in [-0.25, -0.2) is 17.7 Å². The van der Waals surface area contributed by atoms with Crippen LogP contribution in [0.2, 0.25) is 0 Å². The summed E-state index contributed by atoms with van der Waals surface area (Å²) in [4.78, 5) is 16.6. The van der Waals surface area contributed by atoms with Gasteiger partial charge >= 0.3 is 0 Å². The average Bonchev–Trinajstić information content (AvgIpc) is 2.65. The summed E-state index contributed by atoms with van der Waals surface area (Å²) in [7, 11) is -0.480. The first-order chi connectivity index (χ1) is 12.8. The Bertz CT molecular complexity index is 1110. The molecule has 1 aromatic heterocycles. The van der Waals surface area contributed by atoms with E-state index in [0.717, 1.165) is 5.56 Å². The van der Waals surface area contributed by atoms with Crippen molar-refractivity contribution in [3.8, 4) is 0 Å². The van der Waals surface area contributed by atoms with Gasteiger partial charge in [0, 0.05) is 25.2 Å². The van der Waals surface area contributed by atoms with Crippen LogP contribution in [-0.2, 0) is 15.8 Å². The second kappa shape index (κ2) is 7.67. The summed E-state index contributed by atoms with van der Waals surface area (Å²) in [6.45, 7) is 0. The fourth-order valence-electron chi connectivity index (χ4n) is 2.59. The largest absolute Gasteiger partial charge is 0.366 e. The van der Waals surface area contributed by atoms with E-state index < -0.39 is 15.9 Å². The van der Waals surface area contributed by atoms with Crippen LogP contribution in [-0.4, -0.2) is 37.7 Å². The van der Waals surface area contributed by atoms with Crippen LogP contribution in [0.25, 0.3) is 10.9 Å². The van der Waals surface area contributed by atoms with Gasteiger partial charge in [-0.2, -0.15) is 0 Å². The third-order valence-electron chi connectivity index (χ3n) is 4.02. The lowest BCUT2D eigenvalue weighted by Gasteiger charge is -2.12. The van der Waals surface area contributed by atoms with Crippen LogP contribution < -0.4 is 5.73 Å². The molecule has 1 heterocycles. The van der Waals surface area contributed by atoms with Crippen molar-refractivity contribution in [3.05, 3.63) is 65.7 Å². The van der Waals surface area contributed by atoms with Gasteiger partial charge in [0.05, 0.1) is 21.0 Å². The number of hydrogen-bond donors (Lipinski definition) is 1. The lowest BCUT2D eigenvalue weighted by Crippen LogP contribution is -2.22. The molecular formula is C19H19N3O3S2. The van der Waals surface area contributed by atoms with Crippen LogP contribution in [0.1, 0.15) is 15.9 Å². The molecule has 3 aromatic rings. The summed E-state index contributed by atoms with van der Waals surface area (Å²) in [5.41, 5.74) is 7.47. The van der Waals surface area contributed by atoms with Crippen molar-refractivity contribution >= 4 is 38.6 Å². The Balaban J connectivity index is 1.89. The zero-order chi connectivity index (χ0) is 19.6. The summed E-state index contributed by atoms with van der Waals surface area (Å²) in [6.07, 6.45) is 0. The number of thioether (sulfide) groups is 1. The molecule has 0 spiro atoms. The fraction of sp³-hybridized carbons (Fsp3) is 0.158. The van der Waals surface area contributed by atoms with E-state index in [0.29, 0.717) is 27.2 Å². The van der Waals surface area contributed by atoms with Gasteiger partial charge in [0.15, 0.2) is 0 Å². The van der Waals surface area contributed by atoms with Crippen molar-refractivity contribution < 1.29 is 13.2 Å². The maximum absolute atomic E-state index is 12.3. The molecule has 1 amide bonds. The van der Waals surface area contributed by atoms with Crippen LogP contribution >= 0.6 is 11.8 Å². The Morgan fingerprint density at radius 3 is 2.56 bits per heavy atom. The second-order valence-corrected chi connectivity index (χ2v) is 9.26. The molecule has 2 aromatic carbocycles. The molecule has 0 bridgehead atoms. The Kier molecular flexibility index (Phi) is 5.50. The van der Waals surface area contributed by atoms with Crippen molar-refractivity contribution in [3.63, 3.8) is 0 Å². The third kappa shape index (κ3) is 4.13. The molecule has 0 aliphatic heterocycles. The van der Waals surface area contributed by atoms with E-state index in [1.165, 1.54) is 30.2 Å². The van der Waals surface area contributed by atoms with Crippen molar-refractivity contribution in [2.45, 2.75) is 15.7 Å². The number of carbonyl (C=O) groups excluding carboxylic acids is 1. The Morgan fingerprint density at radius 1 is 1.11 bits per heavy atom. The number of amides is 1. The molecule has 2 N–H and O–H groups in total. The number of rotatable bonds is 6. The van der Waals surface area contributed by atoms with Gasteiger partial charge in [0.25, 0.3) is 0 Å². The summed E-state index contributed by atoms with van der Waals surface area (Å²) < 4.78 is 25.7. The number of nitrogens with zero attached hydrogens (tertiary/aromatic N) is 2. The van der Waals surface area contributed by atoms with E-state index >= 15 is 0 Å². The minimum atomic E-state index is -3.48. The molecule has 6 nitrogen and oxygen atoms in total. The average molecular weight is 402 g/mol. The normalized spacial score (nSPS) is 11.8. The van der Waals surface area contributed by atoms with Crippen molar-refractivity contribution in [1.29, 1.82) is 0 Å². The van der Waals surface area contributed by atoms with E-state index in [-0.39, 0.29) is 4.90 Å². The SMILES string of the molecule is CN(C)S(=O)(=O)c1cccc(CSc2cc(C(N)=O)c3ccccc3n2)c1. The maximum Gasteiger partial charge on any atom is 0.249 e. The van der Waals surface area contributed by atoms with Crippen molar-refractivity contribution in [1.82, 2.24) is 9.29 Å². The number of para-hydroxylation sites is 1. The second-order valence-electron chi connectivity index (χ2n) is 6.11. The number of fused-ring (bicyclic) bond motifs is 1. The van der Waals surface area contributed by atoms with Gasteiger partial charge in [-0.15, -0.1) is 11.8 Å². The Morgan fingerprint density at radius 2 is 1.85 bits per heavy atom. The van der Waals surface area contributed by atoms with Gasteiger partial charge in [-0.1, -0.05) is 30.3 Å². The molecule has 8 heteroatoms. The first-order valence-electron chi connectivity index (χ1n) is 8.13. The zero-order valence-corrected chi connectivity index (χ0v) is 16.5. The minimum absolute atomic E-state index is 0.245. The molecule has 27 heavy (non-hydrogen) atoms. The predicted molar refractivity (Wildman–Crippen MR) is 107 cm³/mol. The van der Waals surface area contributed by atoms with Crippen LogP contribution in [0.15, 0.2) is 64.5 Å². The van der Waals surface area contributed by atoms with E-state index in [1.807, 2.05) is 30.3 Å². The van der Waals surface area contributed by atoms with Gasteiger partial charge in [0.2, 0.25) is 15.9 Å². The van der Waals surface area contributed by atoms with Crippen molar-refractivity contribution in [2.24, 2.45) is 5.73 Å². The predicted octanol–water partition coefficient (Wildman–Crippen LogP) is 2.88. The topological polar surface area (TPSA) is 93.4 Å². The van der Waals surface area contributed by atoms with Crippen LogP contribution in [0, 0.1) is 0 Å². The van der Waals surface area contributed by atoms with Gasteiger partial charge in [-0.05, 0) is 29.8 Å².